The predicted molar refractivity (Wildman–Crippen MR) is 77.1 cm³/mol. The van der Waals surface area contributed by atoms with Gasteiger partial charge in [-0.25, -0.2) is 19.2 Å². The van der Waals surface area contributed by atoms with Crippen LogP contribution in [0.25, 0.3) is 0 Å². The van der Waals surface area contributed by atoms with Crippen molar-refractivity contribution in [3.05, 3.63) is 59.7 Å². The lowest BCUT2D eigenvalue weighted by atomic mass is 10.2. The maximum atomic E-state index is 11.7. The standard InChI is InChI=1S/C16H10O8/c17-11-7-3-1-5-9(11)13(19)23-15(21)16(22)24-14(20)10-6-2-4-8-12(10)18/h1-8,17-18H. The monoisotopic (exact) mass is 330 g/mol. The molecule has 0 saturated carbocycles. The van der Waals surface area contributed by atoms with Crippen LogP contribution in [0.3, 0.4) is 0 Å². The molecular formula is C16H10O8. The molecule has 0 atom stereocenters. The number of rotatable bonds is 2. The average Bonchev–Trinajstić information content (AvgIpc) is 2.55. The summed E-state index contributed by atoms with van der Waals surface area (Å²) in [6.07, 6.45) is 0. The van der Waals surface area contributed by atoms with Crippen molar-refractivity contribution in [2.75, 3.05) is 0 Å². The Kier molecular flexibility index (Phi) is 4.90. The van der Waals surface area contributed by atoms with Gasteiger partial charge in [0.25, 0.3) is 0 Å². The number of phenolic OH excluding ortho intramolecular Hbond substituents is 2. The van der Waals surface area contributed by atoms with Gasteiger partial charge in [0.05, 0.1) is 0 Å². The van der Waals surface area contributed by atoms with Crippen LogP contribution in [0, 0.1) is 0 Å². The molecule has 0 amide bonds. The Labute approximate surface area is 134 Å². The lowest BCUT2D eigenvalue weighted by molar-refractivity contribution is -0.160. The van der Waals surface area contributed by atoms with Crippen LogP contribution in [0.2, 0.25) is 0 Å². The fourth-order valence-corrected chi connectivity index (χ4v) is 1.65. The number of hydrogen-bond acceptors (Lipinski definition) is 8. The highest BCUT2D eigenvalue weighted by Gasteiger charge is 2.27. The number of ether oxygens (including phenoxy) is 2. The molecule has 24 heavy (non-hydrogen) atoms. The van der Waals surface area contributed by atoms with Crippen molar-refractivity contribution in [3.8, 4) is 11.5 Å². The first-order valence-corrected chi connectivity index (χ1v) is 6.48. The molecule has 0 aromatic heterocycles. The molecule has 0 radical (unpaired) electrons. The topological polar surface area (TPSA) is 127 Å². The second kappa shape index (κ2) is 7.05. The van der Waals surface area contributed by atoms with Crippen molar-refractivity contribution in [1.29, 1.82) is 0 Å². The van der Waals surface area contributed by atoms with E-state index in [2.05, 4.69) is 9.47 Å². The number of para-hydroxylation sites is 2. The number of carbonyl (C=O) groups is 4. The fourth-order valence-electron chi connectivity index (χ4n) is 1.65. The highest BCUT2D eigenvalue weighted by atomic mass is 16.6. The largest absolute Gasteiger partial charge is 0.507 e. The molecule has 0 fully saturated rings. The summed E-state index contributed by atoms with van der Waals surface area (Å²) in [6.45, 7) is 0. The van der Waals surface area contributed by atoms with Crippen LogP contribution in [0.15, 0.2) is 48.5 Å². The third-order valence-electron chi connectivity index (χ3n) is 2.79. The summed E-state index contributed by atoms with van der Waals surface area (Å²) in [5, 5.41) is 18.9. The molecule has 0 saturated heterocycles. The van der Waals surface area contributed by atoms with Gasteiger partial charge in [0.1, 0.15) is 22.6 Å². The minimum Gasteiger partial charge on any atom is -0.507 e. The highest BCUT2D eigenvalue weighted by molar-refractivity contribution is 6.34. The van der Waals surface area contributed by atoms with Gasteiger partial charge < -0.3 is 19.7 Å². The molecule has 8 heteroatoms. The number of phenols is 2. The fraction of sp³-hybridized carbons (Fsp3) is 0. The van der Waals surface area contributed by atoms with Crippen LogP contribution < -0.4 is 0 Å². The quantitative estimate of drug-likeness (QED) is 0.477. The molecule has 2 N–H and O–H groups in total. The van der Waals surface area contributed by atoms with E-state index >= 15 is 0 Å². The van der Waals surface area contributed by atoms with E-state index in [4.69, 9.17) is 0 Å². The van der Waals surface area contributed by atoms with Gasteiger partial charge in [-0.3, -0.25) is 0 Å². The lowest BCUT2D eigenvalue weighted by Crippen LogP contribution is -2.26. The third-order valence-corrected chi connectivity index (χ3v) is 2.79. The third kappa shape index (κ3) is 3.74. The van der Waals surface area contributed by atoms with Crippen molar-refractivity contribution in [3.63, 3.8) is 0 Å². The smallest absolute Gasteiger partial charge is 0.425 e. The van der Waals surface area contributed by atoms with E-state index in [0.717, 1.165) is 0 Å². The number of benzene rings is 2. The van der Waals surface area contributed by atoms with Crippen molar-refractivity contribution >= 4 is 23.9 Å². The summed E-state index contributed by atoms with van der Waals surface area (Å²) in [7, 11) is 0. The molecule has 122 valence electrons. The first-order chi connectivity index (χ1) is 11.4. The normalized spacial score (nSPS) is 9.83. The van der Waals surface area contributed by atoms with Crippen LogP contribution in [0.1, 0.15) is 20.7 Å². The van der Waals surface area contributed by atoms with Crippen LogP contribution in [0.5, 0.6) is 11.5 Å². The Morgan fingerprint density at radius 1 is 0.625 bits per heavy atom. The molecule has 0 spiro atoms. The van der Waals surface area contributed by atoms with E-state index in [1.165, 1.54) is 48.5 Å². The number of esters is 4. The van der Waals surface area contributed by atoms with Gasteiger partial charge in [0.2, 0.25) is 0 Å². The van der Waals surface area contributed by atoms with Crippen molar-refractivity contribution < 1.29 is 38.9 Å². The second-order valence-electron chi connectivity index (χ2n) is 4.39. The first kappa shape index (κ1) is 16.7. The minimum atomic E-state index is -1.74. The molecule has 2 rings (SSSR count). The molecule has 0 unspecified atom stereocenters. The number of aromatic hydroxyl groups is 2. The first-order valence-electron chi connectivity index (χ1n) is 6.48. The van der Waals surface area contributed by atoms with E-state index in [1.807, 2.05) is 0 Å². The molecule has 8 nitrogen and oxygen atoms in total. The van der Waals surface area contributed by atoms with Gasteiger partial charge in [0, 0.05) is 0 Å². The zero-order chi connectivity index (χ0) is 17.7. The molecule has 2 aromatic carbocycles. The Hall–Kier alpha value is -3.68. The van der Waals surface area contributed by atoms with Gasteiger partial charge in [-0.1, -0.05) is 24.3 Å². The van der Waals surface area contributed by atoms with E-state index < -0.39 is 35.4 Å². The zero-order valence-electron chi connectivity index (χ0n) is 12.0. The van der Waals surface area contributed by atoms with Crippen LogP contribution in [-0.2, 0) is 19.1 Å². The maximum absolute atomic E-state index is 11.7. The summed E-state index contributed by atoms with van der Waals surface area (Å²) < 4.78 is 8.44. The summed E-state index contributed by atoms with van der Waals surface area (Å²) >= 11 is 0. The van der Waals surface area contributed by atoms with Gasteiger partial charge in [-0.05, 0) is 24.3 Å². The minimum absolute atomic E-state index is 0.342. The summed E-state index contributed by atoms with van der Waals surface area (Å²) in [6, 6.07) is 10.4. The van der Waals surface area contributed by atoms with E-state index in [9.17, 15) is 29.4 Å². The van der Waals surface area contributed by atoms with Gasteiger partial charge in [0.15, 0.2) is 0 Å². The van der Waals surface area contributed by atoms with Crippen molar-refractivity contribution in [2.45, 2.75) is 0 Å². The average molecular weight is 330 g/mol. The van der Waals surface area contributed by atoms with Crippen LogP contribution in [-0.4, -0.2) is 34.1 Å². The zero-order valence-corrected chi connectivity index (χ0v) is 12.0. The van der Waals surface area contributed by atoms with Gasteiger partial charge in [-0.2, -0.15) is 0 Å². The molecule has 0 heterocycles. The summed E-state index contributed by atoms with van der Waals surface area (Å²) in [5.74, 6) is -6.96. The molecular weight excluding hydrogens is 320 g/mol. The van der Waals surface area contributed by atoms with E-state index in [0.29, 0.717) is 0 Å². The van der Waals surface area contributed by atoms with Crippen molar-refractivity contribution in [2.24, 2.45) is 0 Å². The van der Waals surface area contributed by atoms with E-state index in [-0.39, 0.29) is 11.1 Å². The Morgan fingerprint density at radius 3 is 1.29 bits per heavy atom. The molecule has 0 aliphatic rings. The summed E-state index contributed by atoms with van der Waals surface area (Å²) in [4.78, 5) is 46.3. The van der Waals surface area contributed by atoms with E-state index in [1.54, 1.807) is 0 Å². The van der Waals surface area contributed by atoms with Gasteiger partial charge in [-0.15, -0.1) is 0 Å². The molecule has 0 aliphatic carbocycles. The molecule has 0 aliphatic heterocycles. The maximum Gasteiger partial charge on any atom is 0.425 e. The van der Waals surface area contributed by atoms with Crippen molar-refractivity contribution in [1.82, 2.24) is 0 Å². The van der Waals surface area contributed by atoms with Crippen LogP contribution in [0.4, 0.5) is 0 Å². The highest BCUT2D eigenvalue weighted by Crippen LogP contribution is 2.18. The molecule has 0 bridgehead atoms. The second-order valence-corrected chi connectivity index (χ2v) is 4.39. The lowest BCUT2D eigenvalue weighted by Gasteiger charge is -2.05. The SMILES string of the molecule is O=C(OC(=O)c1ccccc1O)C(=O)OC(=O)c1ccccc1O. The predicted octanol–water partition coefficient (Wildman–Crippen LogP) is 1.16. The Morgan fingerprint density at radius 2 is 0.958 bits per heavy atom. The Bertz CT molecular complexity index is 755. The summed E-state index contributed by atoms with van der Waals surface area (Å²) in [5.41, 5.74) is -0.684. The molecule has 2 aromatic rings. The van der Waals surface area contributed by atoms with Crippen LogP contribution >= 0.6 is 0 Å². The Balaban J connectivity index is 2.01. The number of hydrogen-bond donors (Lipinski definition) is 2. The van der Waals surface area contributed by atoms with Gasteiger partial charge >= 0.3 is 23.9 Å². The number of carbonyl (C=O) groups excluding carboxylic acids is 4.